The van der Waals surface area contributed by atoms with Crippen molar-refractivity contribution in [3.8, 4) is 67.5 Å². The van der Waals surface area contributed by atoms with Crippen LogP contribution in [0.4, 0.5) is 0 Å². The van der Waals surface area contributed by atoms with Crippen LogP contribution in [0.25, 0.3) is 90.9 Å². The number of aromatic amines is 2. The molecule has 5 heterocycles. The van der Waals surface area contributed by atoms with Gasteiger partial charge in [-0.15, -0.1) is 0 Å². The number of nitrogens with zero attached hydrogens (tertiary/aromatic N) is 6. The van der Waals surface area contributed by atoms with E-state index in [1.54, 1.807) is 0 Å². The number of aromatic nitrogens is 4. The standard InChI is InChI=1S/C68H86N8O4.4BrH/c1-73(2,3)41-13-45-77-53-25-17-49(18-26-53)65-57-33-35-59(69-57)66(50-19-27-54(28-20-50)78-46-14-42-74(4,5)6)61-37-39-63(71-61)68(52-23-31-56(32-24-52)80-48-16-44-76(10,11)12)64-40-38-62(72-64)67(60-36-34-58(65)70-60)51-21-29-55(30-22-51)79-47-15-43-75(7,8)9;;;;/h17-40,69-70H,13-16,41-48H2,1-12H3;4*1H/q+4;;;;/p-4. The summed E-state index contributed by atoms with van der Waals surface area (Å²) in [6.07, 6.45) is 12.4. The zero-order chi connectivity index (χ0) is 56.7. The summed E-state index contributed by atoms with van der Waals surface area (Å²) in [5.74, 6) is 3.36. The van der Waals surface area contributed by atoms with Crippen LogP contribution < -0.4 is 86.9 Å². The molecule has 0 amide bonds. The number of halogens is 4. The molecule has 2 aliphatic rings. The highest BCUT2D eigenvalue weighted by Crippen LogP contribution is 2.40. The lowest BCUT2D eigenvalue weighted by atomic mass is 10.0. The van der Waals surface area contributed by atoms with Gasteiger partial charge in [0.25, 0.3) is 0 Å². The molecule has 0 saturated heterocycles. The van der Waals surface area contributed by atoms with Crippen LogP contribution in [0.15, 0.2) is 121 Å². The average Bonchev–Trinajstić information content (AvgIpc) is 3.69. The molecule has 450 valence electrons. The van der Waals surface area contributed by atoms with E-state index in [-0.39, 0.29) is 67.9 Å². The van der Waals surface area contributed by atoms with Crippen molar-refractivity contribution >= 4 is 46.4 Å². The van der Waals surface area contributed by atoms with Gasteiger partial charge in [-0.3, -0.25) is 0 Å². The lowest BCUT2D eigenvalue weighted by Gasteiger charge is -2.23. The highest BCUT2D eigenvalue weighted by Gasteiger charge is 2.21. The molecule has 4 aromatic carbocycles. The lowest BCUT2D eigenvalue weighted by Crippen LogP contribution is -3.00. The van der Waals surface area contributed by atoms with Crippen molar-refractivity contribution in [2.45, 2.75) is 25.7 Å². The maximum atomic E-state index is 6.30. The summed E-state index contributed by atoms with van der Waals surface area (Å²) in [5, 5.41) is 0. The number of benzene rings is 4. The molecule has 0 spiro atoms. The second-order valence-electron chi connectivity index (χ2n) is 25.5. The molecule has 9 rings (SSSR count). The van der Waals surface area contributed by atoms with Gasteiger partial charge in [0.15, 0.2) is 0 Å². The molecule has 0 aliphatic carbocycles. The van der Waals surface area contributed by atoms with Gasteiger partial charge in [-0.1, -0.05) is 48.5 Å². The zero-order valence-electron chi connectivity index (χ0n) is 51.2. The third kappa shape index (κ3) is 19.2. The first-order valence-electron chi connectivity index (χ1n) is 28.4. The van der Waals surface area contributed by atoms with Crippen molar-refractivity contribution in [1.29, 1.82) is 0 Å². The van der Waals surface area contributed by atoms with Crippen molar-refractivity contribution in [2.24, 2.45) is 0 Å². The second-order valence-corrected chi connectivity index (χ2v) is 25.5. The van der Waals surface area contributed by atoms with Crippen molar-refractivity contribution in [3.63, 3.8) is 0 Å². The van der Waals surface area contributed by atoms with Crippen LogP contribution >= 0.6 is 0 Å². The molecule has 7 aromatic rings. The summed E-state index contributed by atoms with van der Waals surface area (Å²) >= 11 is 0. The van der Waals surface area contributed by atoms with Gasteiger partial charge in [0.2, 0.25) is 0 Å². The number of hydrogen-bond donors (Lipinski definition) is 2. The van der Waals surface area contributed by atoms with E-state index in [9.17, 15) is 0 Å². The third-order valence-corrected chi connectivity index (χ3v) is 14.3. The van der Waals surface area contributed by atoms with E-state index in [0.717, 1.165) is 182 Å². The molecule has 0 saturated carbocycles. The van der Waals surface area contributed by atoms with Crippen molar-refractivity contribution in [1.82, 2.24) is 19.9 Å². The maximum absolute atomic E-state index is 6.30. The molecule has 0 atom stereocenters. The number of quaternary nitrogens is 4. The monoisotopic (exact) mass is 1390 g/mol. The number of nitrogens with one attached hydrogen (secondary N) is 2. The van der Waals surface area contributed by atoms with Crippen LogP contribution in [0.2, 0.25) is 0 Å². The van der Waals surface area contributed by atoms with Gasteiger partial charge in [-0.2, -0.15) is 0 Å². The lowest BCUT2D eigenvalue weighted by molar-refractivity contribution is -0.870. The highest BCUT2D eigenvalue weighted by molar-refractivity contribution is 6.00. The molecule has 12 nitrogen and oxygen atoms in total. The Balaban J connectivity index is 0.00000323. The van der Waals surface area contributed by atoms with Crippen molar-refractivity contribution < 1.29 is 105 Å². The Labute approximate surface area is 541 Å². The quantitative estimate of drug-likeness (QED) is 0.0700. The molecule has 2 aliphatic heterocycles. The molecule has 3 aromatic heterocycles. The van der Waals surface area contributed by atoms with E-state index >= 15 is 0 Å². The van der Waals surface area contributed by atoms with Crippen LogP contribution in [-0.4, -0.2) is 175 Å². The maximum Gasteiger partial charge on any atom is 0.119 e. The van der Waals surface area contributed by atoms with Crippen molar-refractivity contribution in [2.75, 3.05) is 137 Å². The predicted molar refractivity (Wildman–Crippen MR) is 333 cm³/mol. The molecular weight excluding hydrogens is 1310 g/mol. The van der Waals surface area contributed by atoms with E-state index in [4.69, 9.17) is 28.9 Å². The molecule has 2 N–H and O–H groups in total. The van der Waals surface area contributed by atoms with Gasteiger partial charge in [-0.05, 0) is 119 Å². The minimum absolute atomic E-state index is 0. The third-order valence-electron chi connectivity index (χ3n) is 14.3. The van der Waals surface area contributed by atoms with Crippen LogP contribution in [0.3, 0.4) is 0 Å². The first-order chi connectivity index (χ1) is 38.1. The number of H-pyrrole nitrogens is 2. The van der Waals surface area contributed by atoms with Crippen LogP contribution in [0, 0.1) is 0 Å². The Kier molecular flexibility index (Phi) is 24.9. The predicted octanol–water partition coefficient (Wildman–Crippen LogP) is 1.24. The van der Waals surface area contributed by atoms with Crippen LogP contribution in [0.1, 0.15) is 48.5 Å². The molecule has 0 fully saturated rings. The van der Waals surface area contributed by atoms with E-state index < -0.39 is 0 Å². The first kappa shape index (κ1) is 69.2. The fourth-order valence-corrected chi connectivity index (χ4v) is 10.2. The highest BCUT2D eigenvalue weighted by atomic mass is 79.9. The normalized spacial score (nSPS) is 12.1. The Morgan fingerprint density at radius 1 is 0.286 bits per heavy atom. The molecular formula is C68H86Br4N8O4. The van der Waals surface area contributed by atoms with E-state index in [1.807, 2.05) is 0 Å². The van der Waals surface area contributed by atoms with Gasteiger partial charge in [0.1, 0.15) is 23.0 Å². The fourth-order valence-electron chi connectivity index (χ4n) is 10.2. The van der Waals surface area contributed by atoms with Crippen LogP contribution in [0.5, 0.6) is 23.0 Å². The number of rotatable bonds is 24. The zero-order valence-corrected chi connectivity index (χ0v) is 57.5. The van der Waals surface area contributed by atoms with Gasteiger partial charge in [0.05, 0.1) is 160 Å². The SMILES string of the molecule is C[N+](C)(C)CCCOc1ccc(-c2c3nc(c(-c4ccc(OCCC[N+](C)(C)C)cc4)c4ccc([nH]4)c(-c4ccc(OCCC[N+](C)(C)C)cc4)c4ccc([nH]4)c(-c4ccc(OCCC[N+](C)(C)C)cc4)c4nc2C=C4)C=C3)cc1.[Br-].[Br-].[Br-].[Br-]. The molecule has 16 heteroatoms. The topological polar surface area (TPSA) is 94.3 Å². The summed E-state index contributed by atoms with van der Waals surface area (Å²) in [5.41, 5.74) is 15.0. The summed E-state index contributed by atoms with van der Waals surface area (Å²) in [6, 6.07) is 42.5. The number of ether oxygens (including phenoxy) is 4. The second kappa shape index (κ2) is 30.2. The Morgan fingerprint density at radius 2 is 0.500 bits per heavy atom. The van der Waals surface area contributed by atoms with Crippen LogP contribution in [-0.2, 0) is 0 Å². The van der Waals surface area contributed by atoms with Gasteiger partial charge < -0.3 is 115 Å². The van der Waals surface area contributed by atoms with E-state index in [0.29, 0.717) is 26.4 Å². The molecule has 0 radical (unpaired) electrons. The molecule has 84 heavy (non-hydrogen) atoms. The Bertz CT molecular complexity index is 3310. The van der Waals surface area contributed by atoms with E-state index in [2.05, 4.69) is 240 Å². The molecule has 8 bridgehead atoms. The van der Waals surface area contributed by atoms with Crippen molar-refractivity contribution in [3.05, 3.63) is 144 Å². The van der Waals surface area contributed by atoms with Gasteiger partial charge >= 0.3 is 0 Å². The number of hydrogen-bond acceptors (Lipinski definition) is 6. The minimum atomic E-state index is 0. The largest absolute Gasteiger partial charge is 1.00 e. The molecule has 0 unspecified atom stereocenters. The smallest absolute Gasteiger partial charge is 0.119 e. The Hall–Kier alpha value is -5.56. The minimum Gasteiger partial charge on any atom is -1.00 e. The van der Waals surface area contributed by atoms with E-state index in [1.165, 1.54) is 0 Å². The first-order valence-corrected chi connectivity index (χ1v) is 28.4. The summed E-state index contributed by atoms with van der Waals surface area (Å²) in [7, 11) is 26.5. The summed E-state index contributed by atoms with van der Waals surface area (Å²) in [4.78, 5) is 19.0. The fraction of sp³-hybridized carbons (Fsp3) is 0.353. The summed E-state index contributed by atoms with van der Waals surface area (Å²) < 4.78 is 28.8. The summed E-state index contributed by atoms with van der Waals surface area (Å²) in [6.45, 7) is 6.74. The number of fused-ring (bicyclic) bond motifs is 8. The Morgan fingerprint density at radius 3 is 0.750 bits per heavy atom. The van der Waals surface area contributed by atoms with Gasteiger partial charge in [-0.25, -0.2) is 9.97 Å². The van der Waals surface area contributed by atoms with Gasteiger partial charge in [0, 0.05) is 70.0 Å². The average molecular weight is 1400 g/mol.